The standard InChI is InChI=1S/C9H10O3.C8H12O4.O3S/c1-11-8-6-4-3-5-7(8)9(10)12-2;1-11-6(9)8(4-3-5-8)7(10)12-2;1-4(2)3/h3-6H,1-2H3;3-5H2,1-2H3;. The average Bonchev–Trinajstić information content (AvgIpc) is 2.66. The molecule has 1 aromatic carbocycles. The van der Waals surface area contributed by atoms with E-state index in [-0.39, 0.29) is 5.97 Å². The highest BCUT2D eigenvalue weighted by Crippen LogP contribution is 2.42. The monoisotopic (exact) mass is 418 g/mol. The Kier molecular flexibility index (Phi) is 11.1. The van der Waals surface area contributed by atoms with E-state index in [0.29, 0.717) is 24.2 Å². The van der Waals surface area contributed by atoms with Crippen LogP contribution >= 0.6 is 0 Å². The second-order valence-electron chi connectivity index (χ2n) is 5.31. The molecule has 0 heterocycles. The van der Waals surface area contributed by atoms with Crippen LogP contribution in [-0.2, 0) is 34.4 Å². The number of ether oxygens (including phenoxy) is 4. The molecule has 1 aliphatic rings. The molecule has 0 amide bonds. The summed E-state index contributed by atoms with van der Waals surface area (Å²) in [5, 5.41) is 0. The molecule has 1 saturated carbocycles. The van der Waals surface area contributed by atoms with Gasteiger partial charge in [-0.2, -0.15) is 0 Å². The van der Waals surface area contributed by atoms with Crippen molar-refractivity contribution in [3.05, 3.63) is 29.8 Å². The van der Waals surface area contributed by atoms with E-state index in [1.54, 1.807) is 24.3 Å². The van der Waals surface area contributed by atoms with Gasteiger partial charge in [-0.3, -0.25) is 9.59 Å². The largest absolute Gasteiger partial charge is 0.496 e. The lowest BCUT2D eigenvalue weighted by Crippen LogP contribution is -2.46. The van der Waals surface area contributed by atoms with Gasteiger partial charge in [-0.05, 0) is 31.4 Å². The van der Waals surface area contributed by atoms with Crippen molar-refractivity contribution in [1.29, 1.82) is 0 Å². The molecule has 0 atom stereocenters. The van der Waals surface area contributed by atoms with Gasteiger partial charge in [0.05, 0.1) is 28.4 Å². The molecule has 28 heavy (non-hydrogen) atoms. The Morgan fingerprint density at radius 3 is 1.64 bits per heavy atom. The molecule has 0 unspecified atom stereocenters. The molecule has 0 saturated heterocycles. The van der Waals surface area contributed by atoms with Crippen LogP contribution in [0.5, 0.6) is 5.75 Å². The molecule has 2 rings (SSSR count). The smallest absolute Gasteiger partial charge is 0.425 e. The number of benzene rings is 1. The fourth-order valence-electron chi connectivity index (χ4n) is 2.34. The number of carbonyl (C=O) groups is 3. The van der Waals surface area contributed by atoms with Gasteiger partial charge in [-0.1, -0.05) is 12.1 Å². The van der Waals surface area contributed by atoms with Gasteiger partial charge in [0.1, 0.15) is 11.3 Å². The first kappa shape index (κ1) is 25.1. The normalized spacial score (nSPS) is 13.0. The fourth-order valence-corrected chi connectivity index (χ4v) is 2.34. The number of hydrogen-bond donors (Lipinski definition) is 0. The Bertz CT molecular complexity index is 756. The maximum atomic E-state index is 11.2. The molecule has 0 spiro atoms. The number of para-hydroxylation sites is 1. The van der Waals surface area contributed by atoms with Crippen LogP contribution in [0.1, 0.15) is 29.6 Å². The van der Waals surface area contributed by atoms with Gasteiger partial charge in [0, 0.05) is 0 Å². The highest BCUT2D eigenvalue weighted by atomic mass is 32.2. The topological polar surface area (TPSA) is 139 Å². The van der Waals surface area contributed by atoms with Crippen molar-refractivity contribution < 1.29 is 46.0 Å². The van der Waals surface area contributed by atoms with E-state index in [1.807, 2.05) is 0 Å². The van der Waals surface area contributed by atoms with Crippen molar-refractivity contribution >= 4 is 28.5 Å². The van der Waals surface area contributed by atoms with Crippen molar-refractivity contribution in [2.45, 2.75) is 19.3 Å². The molecule has 0 aromatic heterocycles. The first-order chi connectivity index (χ1) is 13.2. The lowest BCUT2D eigenvalue weighted by Gasteiger charge is -2.35. The molecule has 0 radical (unpaired) electrons. The number of rotatable bonds is 4. The summed E-state index contributed by atoms with van der Waals surface area (Å²) in [7, 11) is 2.31. The van der Waals surface area contributed by atoms with Crippen LogP contribution in [0.25, 0.3) is 0 Å². The van der Waals surface area contributed by atoms with E-state index < -0.39 is 28.0 Å². The van der Waals surface area contributed by atoms with E-state index in [0.717, 1.165) is 6.42 Å². The molecule has 0 aliphatic heterocycles. The fraction of sp³-hybridized carbons (Fsp3) is 0.471. The molecule has 1 fully saturated rings. The van der Waals surface area contributed by atoms with Crippen molar-refractivity contribution in [1.82, 2.24) is 0 Å². The van der Waals surface area contributed by atoms with Crippen LogP contribution in [0, 0.1) is 5.41 Å². The first-order valence-electron chi connectivity index (χ1n) is 7.85. The van der Waals surface area contributed by atoms with Gasteiger partial charge in [0.2, 0.25) is 0 Å². The van der Waals surface area contributed by atoms with E-state index >= 15 is 0 Å². The zero-order chi connectivity index (χ0) is 21.7. The van der Waals surface area contributed by atoms with E-state index in [2.05, 4.69) is 14.2 Å². The van der Waals surface area contributed by atoms with Crippen molar-refractivity contribution in [2.75, 3.05) is 28.4 Å². The summed E-state index contributed by atoms with van der Waals surface area (Å²) in [6.45, 7) is 0. The average molecular weight is 418 g/mol. The van der Waals surface area contributed by atoms with E-state index in [1.165, 1.54) is 28.4 Å². The lowest BCUT2D eigenvalue weighted by atomic mass is 9.69. The number of carbonyl (C=O) groups excluding carboxylic acids is 3. The SMILES string of the molecule is COC(=O)C1(C(=O)OC)CCC1.COC(=O)c1ccccc1OC.O=S(=O)=O. The van der Waals surface area contributed by atoms with Crippen LogP contribution in [0.2, 0.25) is 0 Å². The van der Waals surface area contributed by atoms with Gasteiger partial charge >= 0.3 is 28.5 Å². The van der Waals surface area contributed by atoms with Crippen LogP contribution in [0.4, 0.5) is 0 Å². The van der Waals surface area contributed by atoms with Crippen LogP contribution in [0.3, 0.4) is 0 Å². The van der Waals surface area contributed by atoms with Gasteiger partial charge < -0.3 is 18.9 Å². The second kappa shape index (κ2) is 12.4. The molecule has 11 heteroatoms. The van der Waals surface area contributed by atoms with Gasteiger partial charge in [0.15, 0.2) is 5.41 Å². The number of hydrogen-bond acceptors (Lipinski definition) is 10. The molecule has 156 valence electrons. The Morgan fingerprint density at radius 1 is 0.857 bits per heavy atom. The molecular formula is C17H22O10S. The minimum Gasteiger partial charge on any atom is -0.496 e. The van der Waals surface area contributed by atoms with Gasteiger partial charge in [-0.15, -0.1) is 12.6 Å². The summed E-state index contributed by atoms with van der Waals surface area (Å²) in [6.07, 6.45) is 1.98. The molecule has 1 aliphatic carbocycles. The van der Waals surface area contributed by atoms with Crippen LogP contribution < -0.4 is 4.74 Å². The van der Waals surface area contributed by atoms with Crippen molar-refractivity contribution in [3.63, 3.8) is 0 Å². The van der Waals surface area contributed by atoms with Crippen molar-refractivity contribution in [2.24, 2.45) is 5.41 Å². The Morgan fingerprint density at radius 2 is 1.32 bits per heavy atom. The summed E-state index contributed by atoms with van der Waals surface area (Å²) in [4.78, 5) is 33.5. The highest BCUT2D eigenvalue weighted by molar-refractivity contribution is 7.59. The number of methoxy groups -OCH3 is 4. The summed E-state index contributed by atoms with van der Waals surface area (Å²) < 4.78 is 43.9. The quantitative estimate of drug-likeness (QED) is 0.395. The maximum Gasteiger partial charge on any atom is 0.425 e. The minimum absolute atomic E-state index is 0.382. The summed E-state index contributed by atoms with van der Waals surface area (Å²) >= 11 is 0. The summed E-state index contributed by atoms with van der Waals surface area (Å²) in [6, 6.07) is 6.93. The summed E-state index contributed by atoms with van der Waals surface area (Å²) in [5.74, 6) is -0.794. The molecular weight excluding hydrogens is 396 g/mol. The van der Waals surface area contributed by atoms with Gasteiger partial charge in [0.25, 0.3) is 0 Å². The van der Waals surface area contributed by atoms with Crippen molar-refractivity contribution in [3.8, 4) is 5.75 Å². The molecule has 1 aromatic rings. The Labute approximate surface area is 163 Å². The van der Waals surface area contributed by atoms with Gasteiger partial charge in [-0.25, -0.2) is 4.79 Å². The third kappa shape index (κ3) is 6.99. The Hall–Kier alpha value is -2.95. The second-order valence-corrected chi connectivity index (χ2v) is 5.72. The minimum atomic E-state index is -3.11. The lowest BCUT2D eigenvalue weighted by molar-refractivity contribution is -0.175. The van der Waals surface area contributed by atoms with Crippen LogP contribution in [-0.4, -0.2) is 59.0 Å². The maximum absolute atomic E-state index is 11.2. The van der Waals surface area contributed by atoms with Crippen LogP contribution in [0.15, 0.2) is 24.3 Å². The molecule has 0 bridgehead atoms. The molecule has 0 N–H and O–H groups in total. The third-order valence-corrected chi connectivity index (χ3v) is 3.87. The number of esters is 3. The summed E-state index contributed by atoms with van der Waals surface area (Å²) in [5.41, 5.74) is -0.536. The zero-order valence-electron chi connectivity index (χ0n) is 15.9. The zero-order valence-corrected chi connectivity index (χ0v) is 16.7. The Balaban J connectivity index is 0.000000439. The predicted molar refractivity (Wildman–Crippen MR) is 94.3 cm³/mol. The molecule has 10 nitrogen and oxygen atoms in total. The first-order valence-corrected chi connectivity index (χ1v) is 8.85. The van der Waals surface area contributed by atoms with E-state index in [9.17, 15) is 14.4 Å². The van der Waals surface area contributed by atoms with E-state index in [4.69, 9.17) is 17.4 Å². The third-order valence-electron chi connectivity index (χ3n) is 3.87. The predicted octanol–water partition coefficient (Wildman–Crippen LogP) is 0.980. The highest BCUT2D eigenvalue weighted by Gasteiger charge is 2.53.